The molecule has 5 heterocycles. The number of H-pyrrole nitrogens is 1. The molecule has 1 aliphatic rings. The zero-order chi connectivity index (χ0) is 18.2. The summed E-state index contributed by atoms with van der Waals surface area (Å²) in [5.74, 6) is 1.91. The Bertz CT molecular complexity index is 1120. The van der Waals surface area contributed by atoms with Gasteiger partial charge in [-0.25, -0.2) is 24.9 Å². The number of anilines is 1. The Hall–Kier alpha value is -3.69. The fraction of sp³-hybridized carbons (Fsp3) is 0.235. The Morgan fingerprint density at radius 3 is 3.00 bits per heavy atom. The normalized spacial score (nSPS) is 13.6. The van der Waals surface area contributed by atoms with Gasteiger partial charge in [0.1, 0.15) is 35.4 Å². The summed E-state index contributed by atoms with van der Waals surface area (Å²) in [7, 11) is 0. The highest BCUT2D eigenvalue weighted by Gasteiger charge is 2.20. The Balaban J connectivity index is 1.34. The lowest BCUT2D eigenvalue weighted by atomic mass is 10.0. The molecular formula is C17H14N8O2. The third kappa shape index (κ3) is 2.90. The number of nitrogens with one attached hydrogen (secondary N) is 2. The van der Waals surface area contributed by atoms with E-state index in [9.17, 15) is 4.79 Å². The van der Waals surface area contributed by atoms with Gasteiger partial charge in [-0.3, -0.25) is 4.79 Å². The highest BCUT2D eigenvalue weighted by Crippen LogP contribution is 2.24. The van der Waals surface area contributed by atoms with Gasteiger partial charge in [0.2, 0.25) is 5.91 Å². The monoisotopic (exact) mass is 362 g/mol. The molecule has 0 saturated carbocycles. The van der Waals surface area contributed by atoms with Gasteiger partial charge in [-0.05, 0) is 12.8 Å². The quantitative estimate of drug-likeness (QED) is 0.557. The predicted molar refractivity (Wildman–Crippen MR) is 93.6 cm³/mol. The molecular weight excluding hydrogens is 348 g/mol. The number of hydrogen-bond acceptors (Lipinski definition) is 8. The number of aryl methyl sites for hydroxylation is 2. The van der Waals surface area contributed by atoms with E-state index in [1.807, 2.05) is 6.07 Å². The van der Waals surface area contributed by atoms with Crippen molar-refractivity contribution in [1.29, 1.82) is 0 Å². The molecule has 4 aromatic rings. The number of aromatic amines is 1. The number of carbonyl (C=O) groups is 1. The van der Waals surface area contributed by atoms with Crippen LogP contribution in [0.3, 0.4) is 0 Å². The number of hydrogen-bond donors (Lipinski definition) is 2. The minimum absolute atomic E-state index is 0.0115. The number of carbonyl (C=O) groups excluding carboxylic acids is 1. The lowest BCUT2D eigenvalue weighted by Crippen LogP contribution is -2.22. The zero-order valence-electron chi connectivity index (χ0n) is 14.1. The molecule has 1 amide bonds. The minimum atomic E-state index is -0.0115. The molecule has 2 N–H and O–H groups in total. The molecule has 0 bridgehead atoms. The molecule has 0 unspecified atom stereocenters. The van der Waals surface area contributed by atoms with Gasteiger partial charge in [-0.2, -0.15) is 0 Å². The Morgan fingerprint density at radius 2 is 2.07 bits per heavy atom. The molecule has 5 rings (SSSR count). The maximum Gasteiger partial charge on any atom is 0.225 e. The summed E-state index contributed by atoms with van der Waals surface area (Å²) in [5.41, 5.74) is 3.84. The second-order valence-electron chi connectivity index (χ2n) is 6.22. The Kier molecular flexibility index (Phi) is 3.59. The van der Waals surface area contributed by atoms with Gasteiger partial charge < -0.3 is 14.8 Å². The third-order valence-electron chi connectivity index (χ3n) is 4.47. The smallest absolute Gasteiger partial charge is 0.225 e. The van der Waals surface area contributed by atoms with Crippen LogP contribution in [0.15, 0.2) is 29.4 Å². The van der Waals surface area contributed by atoms with Crippen LogP contribution >= 0.6 is 0 Å². The van der Waals surface area contributed by atoms with Crippen molar-refractivity contribution in [3.8, 4) is 11.5 Å². The second-order valence-corrected chi connectivity index (χ2v) is 6.22. The first-order valence-electron chi connectivity index (χ1n) is 8.50. The van der Waals surface area contributed by atoms with Crippen molar-refractivity contribution in [2.75, 3.05) is 5.32 Å². The van der Waals surface area contributed by atoms with E-state index in [2.05, 4.69) is 40.4 Å². The van der Waals surface area contributed by atoms with Crippen molar-refractivity contribution in [2.24, 2.45) is 0 Å². The lowest BCUT2D eigenvalue weighted by molar-refractivity contribution is -0.116. The largest absolute Gasteiger partial charge is 0.361 e. The fourth-order valence-corrected chi connectivity index (χ4v) is 3.13. The summed E-state index contributed by atoms with van der Waals surface area (Å²) in [5, 5.41) is 6.87. The maximum atomic E-state index is 11.5. The number of imidazole rings is 1. The zero-order valence-corrected chi connectivity index (χ0v) is 14.1. The number of aromatic nitrogens is 7. The first-order valence-corrected chi connectivity index (χ1v) is 8.50. The summed E-state index contributed by atoms with van der Waals surface area (Å²) < 4.78 is 5.44. The maximum absolute atomic E-state index is 11.5. The molecule has 0 radical (unpaired) electrons. The first kappa shape index (κ1) is 15.6. The fourth-order valence-electron chi connectivity index (χ4n) is 3.13. The molecule has 0 aromatic carbocycles. The van der Waals surface area contributed by atoms with Crippen molar-refractivity contribution in [1.82, 2.24) is 35.1 Å². The molecule has 0 saturated heterocycles. The molecule has 0 fully saturated rings. The highest BCUT2D eigenvalue weighted by molar-refractivity contribution is 5.92. The molecule has 4 aromatic heterocycles. The predicted octanol–water partition coefficient (Wildman–Crippen LogP) is 1.47. The number of rotatable bonds is 4. The van der Waals surface area contributed by atoms with Crippen LogP contribution in [-0.2, 0) is 24.1 Å². The standard InChI is InChI=1S/C17H14N8O2/c26-14-4-2-10-11(19-8-21-15(10)23-14)3-1-9-5-12(25-27-9)17-22-13-6-18-7-20-16(13)24-17/h5-8H,1-4H2,(H,18,20,22,24)(H,19,21,23,26). The topological polar surface area (TPSA) is 135 Å². The molecule has 10 heteroatoms. The van der Waals surface area contributed by atoms with Crippen molar-refractivity contribution in [3.63, 3.8) is 0 Å². The summed E-state index contributed by atoms with van der Waals surface area (Å²) in [6.07, 6.45) is 6.98. The summed E-state index contributed by atoms with van der Waals surface area (Å²) in [6.45, 7) is 0. The molecule has 0 atom stereocenters. The summed E-state index contributed by atoms with van der Waals surface area (Å²) in [6, 6.07) is 1.85. The SMILES string of the molecule is O=C1CCc2c(CCc3cc(-c4nc5cncnc5[nH]4)no3)ncnc2N1. The van der Waals surface area contributed by atoms with E-state index in [-0.39, 0.29) is 5.91 Å². The van der Waals surface area contributed by atoms with Crippen molar-refractivity contribution >= 4 is 22.9 Å². The molecule has 27 heavy (non-hydrogen) atoms. The van der Waals surface area contributed by atoms with Gasteiger partial charge in [0.05, 0.1) is 6.20 Å². The lowest BCUT2D eigenvalue weighted by Gasteiger charge is -2.17. The van der Waals surface area contributed by atoms with E-state index in [0.717, 1.165) is 17.0 Å². The Morgan fingerprint density at radius 1 is 1.11 bits per heavy atom. The van der Waals surface area contributed by atoms with Gasteiger partial charge in [0, 0.05) is 30.2 Å². The van der Waals surface area contributed by atoms with Gasteiger partial charge in [-0.15, -0.1) is 0 Å². The summed E-state index contributed by atoms with van der Waals surface area (Å²) >= 11 is 0. The molecule has 0 aliphatic carbocycles. The van der Waals surface area contributed by atoms with Crippen molar-refractivity contribution in [3.05, 3.63) is 41.9 Å². The van der Waals surface area contributed by atoms with Gasteiger partial charge in [0.15, 0.2) is 11.5 Å². The molecule has 0 spiro atoms. The van der Waals surface area contributed by atoms with Crippen LogP contribution in [-0.4, -0.2) is 41.0 Å². The van der Waals surface area contributed by atoms with Crippen molar-refractivity contribution in [2.45, 2.75) is 25.7 Å². The third-order valence-corrected chi connectivity index (χ3v) is 4.47. The van der Waals surface area contributed by atoms with Crippen molar-refractivity contribution < 1.29 is 9.32 Å². The van der Waals surface area contributed by atoms with E-state index < -0.39 is 0 Å². The molecule has 10 nitrogen and oxygen atoms in total. The second kappa shape index (κ2) is 6.24. The van der Waals surface area contributed by atoms with Gasteiger partial charge >= 0.3 is 0 Å². The molecule has 134 valence electrons. The Labute approximate surface area is 152 Å². The minimum Gasteiger partial charge on any atom is -0.361 e. The number of amides is 1. The van der Waals surface area contributed by atoms with E-state index >= 15 is 0 Å². The van der Waals surface area contributed by atoms with Crippen LogP contribution in [0.1, 0.15) is 23.4 Å². The number of fused-ring (bicyclic) bond motifs is 2. The van der Waals surface area contributed by atoms with E-state index in [0.29, 0.717) is 54.2 Å². The van der Waals surface area contributed by atoms with Crippen LogP contribution in [0.4, 0.5) is 5.82 Å². The highest BCUT2D eigenvalue weighted by atomic mass is 16.5. The van der Waals surface area contributed by atoms with E-state index in [4.69, 9.17) is 4.52 Å². The van der Waals surface area contributed by atoms with Crippen LogP contribution < -0.4 is 5.32 Å². The average molecular weight is 362 g/mol. The van der Waals surface area contributed by atoms with Gasteiger partial charge in [0.25, 0.3) is 0 Å². The average Bonchev–Trinajstić information content (AvgIpc) is 3.32. The van der Waals surface area contributed by atoms with Crippen LogP contribution in [0.25, 0.3) is 22.7 Å². The van der Waals surface area contributed by atoms with Crippen LogP contribution in [0.2, 0.25) is 0 Å². The summed E-state index contributed by atoms with van der Waals surface area (Å²) in [4.78, 5) is 35.6. The molecule has 1 aliphatic heterocycles. The van der Waals surface area contributed by atoms with Crippen LogP contribution in [0.5, 0.6) is 0 Å². The first-order chi connectivity index (χ1) is 13.3. The van der Waals surface area contributed by atoms with E-state index in [1.165, 1.54) is 12.7 Å². The van der Waals surface area contributed by atoms with Crippen LogP contribution in [0, 0.1) is 0 Å². The number of nitrogens with zero attached hydrogens (tertiary/aromatic N) is 6. The van der Waals surface area contributed by atoms with Gasteiger partial charge in [-0.1, -0.05) is 5.16 Å². The van der Waals surface area contributed by atoms with E-state index in [1.54, 1.807) is 6.20 Å².